The number of rotatable bonds is 9. The Kier molecular flexibility index (Phi) is 8.76. The first-order chi connectivity index (χ1) is 14.3. The van der Waals surface area contributed by atoms with Crippen LogP contribution in [0.2, 0.25) is 10.0 Å². The molecule has 30 heavy (non-hydrogen) atoms. The quantitative estimate of drug-likeness (QED) is 0.171. The second-order valence-electron chi connectivity index (χ2n) is 6.53. The van der Waals surface area contributed by atoms with Gasteiger partial charge in [0.2, 0.25) is 5.91 Å². The number of aliphatic imine (C=N–C) groups is 1. The normalized spacial score (nSPS) is 11.4. The molecule has 2 aromatic carbocycles. The van der Waals surface area contributed by atoms with Gasteiger partial charge in [0.25, 0.3) is 5.91 Å². The predicted molar refractivity (Wildman–Crippen MR) is 120 cm³/mol. The Balaban J connectivity index is 2.05. The molecule has 0 heterocycles. The van der Waals surface area contributed by atoms with Crippen LogP contribution in [0.3, 0.4) is 0 Å². The third kappa shape index (κ3) is 7.13. The minimum absolute atomic E-state index is 0.0265. The van der Waals surface area contributed by atoms with Crippen molar-refractivity contribution in [1.82, 2.24) is 10.6 Å². The maximum atomic E-state index is 12.7. The molecule has 0 bridgehead atoms. The van der Waals surface area contributed by atoms with Crippen molar-refractivity contribution in [3.05, 3.63) is 63.6 Å². The summed E-state index contributed by atoms with van der Waals surface area (Å²) < 4.78 is 0. The number of nitrogens with two attached hydrogens (primary N) is 3. The fourth-order valence-electron chi connectivity index (χ4n) is 2.65. The Bertz CT molecular complexity index is 894. The van der Waals surface area contributed by atoms with Crippen molar-refractivity contribution in [2.75, 3.05) is 12.3 Å². The first-order valence-corrected chi connectivity index (χ1v) is 9.96. The number of amides is 2. The van der Waals surface area contributed by atoms with E-state index in [-0.39, 0.29) is 30.0 Å². The molecule has 0 fully saturated rings. The second-order valence-corrected chi connectivity index (χ2v) is 7.35. The van der Waals surface area contributed by atoms with Crippen molar-refractivity contribution in [1.29, 1.82) is 0 Å². The molecule has 0 saturated carbocycles. The van der Waals surface area contributed by atoms with Crippen LogP contribution in [0.5, 0.6) is 0 Å². The number of hydrogen-bond acceptors (Lipinski definition) is 4. The van der Waals surface area contributed by atoms with Gasteiger partial charge in [-0.1, -0.05) is 41.4 Å². The largest absolute Gasteiger partial charge is 0.396 e. The lowest BCUT2D eigenvalue weighted by molar-refractivity contribution is -0.123. The molecule has 0 radical (unpaired) electrons. The van der Waals surface area contributed by atoms with Crippen LogP contribution in [0.25, 0.3) is 0 Å². The summed E-state index contributed by atoms with van der Waals surface area (Å²) in [7, 11) is 0. The van der Waals surface area contributed by atoms with E-state index in [0.29, 0.717) is 40.6 Å². The molecule has 8 N–H and O–H groups in total. The van der Waals surface area contributed by atoms with E-state index in [1.54, 1.807) is 42.5 Å². The van der Waals surface area contributed by atoms with E-state index in [9.17, 15) is 9.59 Å². The number of nitrogens with one attached hydrogen (secondary N) is 2. The number of nitrogen functional groups attached to an aromatic ring is 1. The van der Waals surface area contributed by atoms with Crippen molar-refractivity contribution in [2.45, 2.75) is 25.4 Å². The van der Waals surface area contributed by atoms with Crippen LogP contribution in [0, 0.1) is 0 Å². The molecule has 0 aliphatic heterocycles. The minimum Gasteiger partial charge on any atom is -0.396 e. The molecule has 0 unspecified atom stereocenters. The van der Waals surface area contributed by atoms with Gasteiger partial charge in [-0.15, -0.1) is 0 Å². The topological polar surface area (TPSA) is 149 Å². The van der Waals surface area contributed by atoms with Gasteiger partial charge in [0.1, 0.15) is 6.04 Å². The van der Waals surface area contributed by atoms with Gasteiger partial charge in [-0.05, 0) is 42.7 Å². The molecule has 8 nitrogen and oxygen atoms in total. The molecular formula is C20H24Cl2N6O2. The zero-order valence-corrected chi connectivity index (χ0v) is 17.7. The second kappa shape index (κ2) is 11.3. The summed E-state index contributed by atoms with van der Waals surface area (Å²) in [5.74, 6) is -0.731. The van der Waals surface area contributed by atoms with Crippen LogP contribution in [0.15, 0.2) is 47.5 Å². The summed E-state index contributed by atoms with van der Waals surface area (Å²) in [6.07, 6.45) is 0.856. The zero-order valence-electron chi connectivity index (χ0n) is 16.2. The maximum absolute atomic E-state index is 12.7. The lowest BCUT2D eigenvalue weighted by Gasteiger charge is -2.18. The lowest BCUT2D eigenvalue weighted by Crippen LogP contribution is -2.46. The number of hydrogen-bond donors (Lipinski definition) is 5. The maximum Gasteiger partial charge on any atom is 0.251 e. The molecule has 160 valence electrons. The van der Waals surface area contributed by atoms with Crippen LogP contribution in [-0.2, 0) is 11.3 Å². The number of nitrogens with zero attached hydrogens (tertiary/aromatic N) is 1. The summed E-state index contributed by atoms with van der Waals surface area (Å²) in [5, 5.41) is 6.15. The Hall–Kier alpha value is -2.97. The molecule has 0 spiro atoms. The molecular weight excluding hydrogens is 427 g/mol. The molecule has 10 heteroatoms. The van der Waals surface area contributed by atoms with E-state index in [4.69, 9.17) is 40.4 Å². The van der Waals surface area contributed by atoms with Gasteiger partial charge in [-0.25, -0.2) is 0 Å². The molecule has 2 amide bonds. The minimum atomic E-state index is -0.772. The lowest BCUT2D eigenvalue weighted by atomic mass is 10.1. The smallest absolute Gasteiger partial charge is 0.251 e. The summed E-state index contributed by atoms with van der Waals surface area (Å²) in [6.45, 7) is 0.515. The summed E-state index contributed by atoms with van der Waals surface area (Å²) >= 11 is 12.1. The van der Waals surface area contributed by atoms with Gasteiger partial charge in [0.15, 0.2) is 5.96 Å². The average Bonchev–Trinajstić information content (AvgIpc) is 2.72. The number of carbonyl (C=O) groups excluding carboxylic acids is 2. The van der Waals surface area contributed by atoms with Crippen LogP contribution in [0.4, 0.5) is 5.69 Å². The monoisotopic (exact) mass is 450 g/mol. The van der Waals surface area contributed by atoms with E-state index < -0.39 is 6.04 Å². The van der Waals surface area contributed by atoms with Gasteiger partial charge in [-0.3, -0.25) is 14.6 Å². The van der Waals surface area contributed by atoms with Crippen molar-refractivity contribution in [3.8, 4) is 0 Å². The van der Waals surface area contributed by atoms with Crippen LogP contribution in [0.1, 0.15) is 28.8 Å². The number of halogens is 2. The van der Waals surface area contributed by atoms with E-state index in [1.165, 1.54) is 0 Å². The summed E-state index contributed by atoms with van der Waals surface area (Å²) in [5.41, 5.74) is 17.8. The van der Waals surface area contributed by atoms with Crippen molar-refractivity contribution in [3.63, 3.8) is 0 Å². The van der Waals surface area contributed by atoms with Crippen LogP contribution in [-0.4, -0.2) is 30.4 Å². The highest BCUT2D eigenvalue weighted by Gasteiger charge is 2.21. The van der Waals surface area contributed by atoms with Gasteiger partial charge in [0, 0.05) is 18.7 Å². The van der Waals surface area contributed by atoms with Crippen LogP contribution >= 0.6 is 23.2 Å². The standard InChI is InChI=1S/C20H24Cl2N6O2/c21-14-9-12(10-15(22)17(14)23)11-27-19(30)16(7-4-8-26-20(24)25)28-18(29)13-5-2-1-3-6-13/h1-3,5-6,9-10,16H,4,7-8,11,23H2,(H,27,30)(H,28,29)(H4,24,25,26)/t16-/m1/s1. The van der Waals surface area contributed by atoms with Gasteiger partial charge < -0.3 is 27.8 Å². The van der Waals surface area contributed by atoms with E-state index in [1.807, 2.05) is 0 Å². The van der Waals surface area contributed by atoms with Crippen LogP contribution < -0.4 is 27.8 Å². The molecule has 0 aliphatic rings. The molecule has 2 rings (SSSR count). The zero-order chi connectivity index (χ0) is 22.1. The fourth-order valence-corrected chi connectivity index (χ4v) is 3.19. The summed E-state index contributed by atoms with van der Waals surface area (Å²) in [6, 6.07) is 11.1. The number of guanidine groups is 1. The third-order valence-corrected chi connectivity index (χ3v) is 4.83. The molecule has 2 aromatic rings. The first kappa shape index (κ1) is 23.3. The molecule has 0 aromatic heterocycles. The van der Waals surface area contributed by atoms with Gasteiger partial charge >= 0.3 is 0 Å². The van der Waals surface area contributed by atoms with E-state index in [0.717, 1.165) is 0 Å². The van der Waals surface area contributed by atoms with Gasteiger partial charge in [-0.2, -0.15) is 0 Å². The average molecular weight is 451 g/mol. The fraction of sp³-hybridized carbons (Fsp3) is 0.250. The van der Waals surface area contributed by atoms with Crippen molar-refractivity contribution >= 4 is 46.7 Å². The summed E-state index contributed by atoms with van der Waals surface area (Å²) in [4.78, 5) is 29.1. The Labute approximate surface area is 184 Å². The molecule has 0 aliphatic carbocycles. The van der Waals surface area contributed by atoms with Crippen molar-refractivity contribution in [2.24, 2.45) is 16.5 Å². The van der Waals surface area contributed by atoms with E-state index in [2.05, 4.69) is 15.6 Å². The highest BCUT2D eigenvalue weighted by atomic mass is 35.5. The third-order valence-electron chi connectivity index (χ3n) is 4.21. The first-order valence-electron chi connectivity index (χ1n) is 9.20. The number of carbonyl (C=O) groups is 2. The Morgan fingerprint density at radius 3 is 2.30 bits per heavy atom. The highest BCUT2D eigenvalue weighted by molar-refractivity contribution is 6.38. The SMILES string of the molecule is NC(N)=NCCC[C@@H](NC(=O)c1ccccc1)C(=O)NCc1cc(Cl)c(N)c(Cl)c1. The molecule has 1 atom stereocenters. The predicted octanol–water partition coefficient (Wildman–Crippen LogP) is 2.04. The molecule has 0 saturated heterocycles. The Morgan fingerprint density at radius 2 is 1.70 bits per heavy atom. The Morgan fingerprint density at radius 1 is 1.07 bits per heavy atom. The highest BCUT2D eigenvalue weighted by Crippen LogP contribution is 2.28. The van der Waals surface area contributed by atoms with Gasteiger partial charge in [0.05, 0.1) is 15.7 Å². The van der Waals surface area contributed by atoms with Crippen molar-refractivity contribution < 1.29 is 9.59 Å². The number of benzene rings is 2. The number of anilines is 1. The van der Waals surface area contributed by atoms with E-state index >= 15 is 0 Å².